The van der Waals surface area contributed by atoms with E-state index in [1.807, 2.05) is 4.90 Å². The summed E-state index contributed by atoms with van der Waals surface area (Å²) < 4.78 is 11.2. The van der Waals surface area contributed by atoms with Gasteiger partial charge in [-0.1, -0.05) is 29.8 Å². The van der Waals surface area contributed by atoms with Crippen LogP contribution in [0, 0.1) is 12.8 Å². The standard InChI is InChI=1S/C18H25NO3S/c1-14-2-4-15(5-3-14)12-23-13-17(20)19-8-6-16(7-9-19)18-21-10-11-22-18/h2-5,16,18H,6-13H2,1H3. The molecule has 2 saturated heterocycles. The van der Waals surface area contributed by atoms with Crippen LogP contribution in [-0.2, 0) is 20.0 Å². The molecule has 126 valence electrons. The Morgan fingerprint density at radius 1 is 1.17 bits per heavy atom. The fraction of sp³-hybridized carbons (Fsp3) is 0.611. The summed E-state index contributed by atoms with van der Waals surface area (Å²) in [6, 6.07) is 8.52. The summed E-state index contributed by atoms with van der Waals surface area (Å²) in [4.78, 5) is 14.3. The van der Waals surface area contributed by atoms with Crippen LogP contribution in [0.3, 0.4) is 0 Å². The maximum atomic E-state index is 12.3. The van der Waals surface area contributed by atoms with Gasteiger partial charge in [0, 0.05) is 24.8 Å². The second-order valence-corrected chi connectivity index (χ2v) is 7.29. The van der Waals surface area contributed by atoms with Crippen molar-refractivity contribution < 1.29 is 14.3 Å². The summed E-state index contributed by atoms with van der Waals surface area (Å²) in [5.41, 5.74) is 2.55. The summed E-state index contributed by atoms with van der Waals surface area (Å²) in [5.74, 6) is 2.16. The smallest absolute Gasteiger partial charge is 0.232 e. The normalized spacial score (nSPS) is 20.1. The van der Waals surface area contributed by atoms with Crippen molar-refractivity contribution >= 4 is 17.7 Å². The van der Waals surface area contributed by atoms with Crippen LogP contribution in [-0.4, -0.2) is 49.2 Å². The Hall–Kier alpha value is -1.04. The highest BCUT2D eigenvalue weighted by molar-refractivity contribution is 7.99. The molecule has 2 heterocycles. The molecule has 0 aliphatic carbocycles. The van der Waals surface area contributed by atoms with Crippen LogP contribution < -0.4 is 0 Å². The fourth-order valence-electron chi connectivity index (χ4n) is 3.10. The minimum Gasteiger partial charge on any atom is -0.350 e. The van der Waals surface area contributed by atoms with Crippen molar-refractivity contribution in [3.05, 3.63) is 35.4 Å². The SMILES string of the molecule is Cc1ccc(CSCC(=O)N2CCC(C3OCCO3)CC2)cc1. The molecule has 1 aromatic carbocycles. The minimum absolute atomic E-state index is 0.0387. The lowest BCUT2D eigenvalue weighted by atomic mass is 9.96. The number of amides is 1. The van der Waals surface area contributed by atoms with E-state index in [-0.39, 0.29) is 12.2 Å². The molecule has 3 rings (SSSR count). The van der Waals surface area contributed by atoms with Gasteiger partial charge in [0.05, 0.1) is 19.0 Å². The molecule has 0 aromatic heterocycles. The van der Waals surface area contributed by atoms with Crippen molar-refractivity contribution in [2.24, 2.45) is 5.92 Å². The summed E-state index contributed by atoms with van der Waals surface area (Å²) >= 11 is 1.70. The van der Waals surface area contributed by atoms with Gasteiger partial charge in [-0.3, -0.25) is 4.79 Å². The molecule has 0 spiro atoms. The molecular formula is C18H25NO3S. The Bertz CT molecular complexity index is 506. The number of piperidine rings is 1. The third-order valence-electron chi connectivity index (χ3n) is 4.54. The molecular weight excluding hydrogens is 310 g/mol. The van der Waals surface area contributed by atoms with E-state index in [1.165, 1.54) is 11.1 Å². The lowest BCUT2D eigenvalue weighted by molar-refractivity contribution is -0.134. The number of benzene rings is 1. The number of thioether (sulfide) groups is 1. The van der Waals surface area contributed by atoms with E-state index in [0.29, 0.717) is 24.9 Å². The quantitative estimate of drug-likeness (QED) is 0.829. The Morgan fingerprint density at radius 3 is 2.48 bits per heavy atom. The van der Waals surface area contributed by atoms with E-state index in [1.54, 1.807) is 11.8 Å². The minimum atomic E-state index is -0.0387. The Morgan fingerprint density at radius 2 is 1.83 bits per heavy atom. The number of hydrogen-bond donors (Lipinski definition) is 0. The molecule has 0 unspecified atom stereocenters. The number of nitrogens with zero attached hydrogens (tertiary/aromatic N) is 1. The second-order valence-electron chi connectivity index (χ2n) is 6.31. The first-order valence-electron chi connectivity index (χ1n) is 8.36. The largest absolute Gasteiger partial charge is 0.350 e. The van der Waals surface area contributed by atoms with E-state index in [2.05, 4.69) is 31.2 Å². The van der Waals surface area contributed by atoms with Gasteiger partial charge in [0.25, 0.3) is 0 Å². The van der Waals surface area contributed by atoms with Gasteiger partial charge in [0.2, 0.25) is 5.91 Å². The zero-order chi connectivity index (χ0) is 16.1. The molecule has 4 nitrogen and oxygen atoms in total. The van der Waals surface area contributed by atoms with E-state index in [9.17, 15) is 4.79 Å². The van der Waals surface area contributed by atoms with Gasteiger partial charge in [0.1, 0.15) is 0 Å². The van der Waals surface area contributed by atoms with Crippen LogP contribution >= 0.6 is 11.8 Å². The van der Waals surface area contributed by atoms with E-state index in [0.717, 1.165) is 31.7 Å². The van der Waals surface area contributed by atoms with E-state index in [4.69, 9.17) is 9.47 Å². The van der Waals surface area contributed by atoms with E-state index >= 15 is 0 Å². The molecule has 1 aromatic rings. The summed E-state index contributed by atoms with van der Waals surface area (Å²) in [5, 5.41) is 0. The molecule has 0 radical (unpaired) electrons. The highest BCUT2D eigenvalue weighted by Crippen LogP contribution is 2.26. The predicted molar refractivity (Wildman–Crippen MR) is 92.3 cm³/mol. The molecule has 0 bridgehead atoms. The first-order valence-corrected chi connectivity index (χ1v) is 9.52. The van der Waals surface area contributed by atoms with Gasteiger partial charge in [-0.05, 0) is 25.3 Å². The molecule has 23 heavy (non-hydrogen) atoms. The molecule has 0 N–H and O–H groups in total. The molecule has 0 saturated carbocycles. The van der Waals surface area contributed by atoms with Crippen LogP contribution in [0.25, 0.3) is 0 Å². The van der Waals surface area contributed by atoms with Gasteiger partial charge < -0.3 is 14.4 Å². The van der Waals surface area contributed by atoms with Crippen molar-refractivity contribution in [3.8, 4) is 0 Å². The van der Waals surface area contributed by atoms with Gasteiger partial charge in [-0.15, -0.1) is 11.8 Å². The maximum Gasteiger partial charge on any atom is 0.232 e. The molecule has 0 atom stereocenters. The average Bonchev–Trinajstić information content (AvgIpc) is 3.11. The lowest BCUT2D eigenvalue weighted by Crippen LogP contribution is -2.42. The summed E-state index contributed by atoms with van der Waals surface area (Å²) in [7, 11) is 0. The monoisotopic (exact) mass is 335 g/mol. The van der Waals surface area contributed by atoms with Crippen LogP contribution in [0.1, 0.15) is 24.0 Å². The maximum absolute atomic E-state index is 12.3. The Labute approximate surface area is 142 Å². The first-order chi connectivity index (χ1) is 11.2. The number of likely N-dealkylation sites (tertiary alicyclic amines) is 1. The second kappa shape index (κ2) is 8.18. The van der Waals surface area contributed by atoms with Crippen molar-refractivity contribution in [1.82, 2.24) is 4.90 Å². The number of ether oxygens (including phenoxy) is 2. The van der Waals surface area contributed by atoms with Crippen molar-refractivity contribution in [1.29, 1.82) is 0 Å². The van der Waals surface area contributed by atoms with Gasteiger partial charge >= 0.3 is 0 Å². The molecule has 5 heteroatoms. The summed E-state index contributed by atoms with van der Waals surface area (Å²) in [6.07, 6.45) is 1.93. The predicted octanol–water partition coefficient (Wildman–Crippen LogP) is 2.84. The highest BCUT2D eigenvalue weighted by atomic mass is 32.2. The van der Waals surface area contributed by atoms with Crippen LogP contribution in [0.15, 0.2) is 24.3 Å². The van der Waals surface area contributed by atoms with Gasteiger partial charge in [0.15, 0.2) is 6.29 Å². The van der Waals surface area contributed by atoms with Crippen molar-refractivity contribution in [3.63, 3.8) is 0 Å². The van der Waals surface area contributed by atoms with Gasteiger partial charge in [-0.2, -0.15) is 0 Å². The third-order valence-corrected chi connectivity index (χ3v) is 5.53. The zero-order valence-corrected chi connectivity index (χ0v) is 14.5. The number of carbonyl (C=O) groups is 1. The van der Waals surface area contributed by atoms with Crippen LogP contribution in [0.2, 0.25) is 0 Å². The van der Waals surface area contributed by atoms with Gasteiger partial charge in [-0.25, -0.2) is 0 Å². The molecule has 2 aliphatic heterocycles. The number of hydrogen-bond acceptors (Lipinski definition) is 4. The molecule has 2 fully saturated rings. The number of rotatable bonds is 5. The zero-order valence-electron chi connectivity index (χ0n) is 13.7. The molecule has 2 aliphatic rings. The first kappa shape index (κ1) is 16.8. The highest BCUT2D eigenvalue weighted by Gasteiger charge is 2.31. The van der Waals surface area contributed by atoms with E-state index < -0.39 is 0 Å². The number of carbonyl (C=O) groups excluding carboxylic acids is 1. The average molecular weight is 335 g/mol. The topological polar surface area (TPSA) is 38.8 Å². The van der Waals surface area contributed by atoms with Crippen LogP contribution in [0.5, 0.6) is 0 Å². The Balaban J connectivity index is 1.36. The number of aryl methyl sites for hydroxylation is 1. The fourth-order valence-corrected chi connectivity index (χ4v) is 3.99. The third kappa shape index (κ3) is 4.72. The Kier molecular flexibility index (Phi) is 5.97. The van der Waals surface area contributed by atoms with Crippen molar-refractivity contribution in [2.45, 2.75) is 31.8 Å². The molecule has 1 amide bonds. The summed E-state index contributed by atoms with van der Waals surface area (Å²) in [6.45, 7) is 5.17. The lowest BCUT2D eigenvalue weighted by Gasteiger charge is -2.33. The van der Waals surface area contributed by atoms with Crippen molar-refractivity contribution in [2.75, 3.05) is 32.1 Å². The van der Waals surface area contributed by atoms with Crippen LogP contribution in [0.4, 0.5) is 0 Å².